The number of aryl methyl sites for hydroxylation is 1. The van der Waals surface area contributed by atoms with Crippen molar-refractivity contribution in [3.8, 4) is 0 Å². The lowest BCUT2D eigenvalue weighted by Gasteiger charge is -2.30. The van der Waals surface area contributed by atoms with E-state index in [1.54, 1.807) is 0 Å². The molecule has 1 aromatic rings. The van der Waals surface area contributed by atoms with Crippen LogP contribution in [0.4, 0.5) is 13.2 Å². The van der Waals surface area contributed by atoms with Gasteiger partial charge in [0.25, 0.3) is 0 Å². The molecule has 0 saturated carbocycles. The highest BCUT2D eigenvalue weighted by Gasteiger charge is 2.36. The molecule has 24 heavy (non-hydrogen) atoms. The molecular weight excluding hydrogens is 347 g/mol. The van der Waals surface area contributed by atoms with Crippen molar-refractivity contribution in [3.05, 3.63) is 29.3 Å². The predicted octanol–water partition coefficient (Wildman–Crippen LogP) is 2.59. The number of sulfonamides is 1. The Kier molecular flexibility index (Phi) is 5.24. The summed E-state index contributed by atoms with van der Waals surface area (Å²) < 4.78 is 69.8. The highest BCUT2D eigenvalue weighted by atomic mass is 32.2. The Morgan fingerprint density at radius 3 is 2.33 bits per heavy atom. The molecule has 0 bridgehead atoms. The first-order chi connectivity index (χ1) is 11.1. The van der Waals surface area contributed by atoms with Gasteiger partial charge in [-0.2, -0.15) is 17.5 Å². The molecule has 0 atom stereocenters. The smallest absolute Gasteiger partial charge is 0.416 e. The second-order valence-electron chi connectivity index (χ2n) is 5.68. The van der Waals surface area contributed by atoms with Gasteiger partial charge in [0.05, 0.1) is 23.5 Å². The molecule has 2 rings (SSSR count). The van der Waals surface area contributed by atoms with Gasteiger partial charge in [-0.15, -0.1) is 0 Å². The standard InChI is InChI=1S/C15H18F3NO4S/c1-10-3-4-12(9-13(10)15(16,17)18)24(21,22)19-7-5-11(6-8-19)14(20)23-2/h3-4,9,11H,5-8H2,1-2H3. The van der Waals surface area contributed by atoms with Crippen molar-refractivity contribution in [1.29, 1.82) is 0 Å². The van der Waals surface area contributed by atoms with Crippen molar-refractivity contribution in [1.82, 2.24) is 4.31 Å². The molecule has 0 amide bonds. The number of hydrogen-bond acceptors (Lipinski definition) is 4. The lowest BCUT2D eigenvalue weighted by Crippen LogP contribution is -2.40. The van der Waals surface area contributed by atoms with Gasteiger partial charge in [-0.1, -0.05) is 6.07 Å². The highest BCUT2D eigenvalue weighted by molar-refractivity contribution is 7.89. The summed E-state index contributed by atoms with van der Waals surface area (Å²) >= 11 is 0. The Bertz CT molecular complexity index is 723. The molecule has 5 nitrogen and oxygen atoms in total. The maximum atomic E-state index is 13.0. The van der Waals surface area contributed by atoms with E-state index in [-0.39, 0.29) is 37.4 Å². The molecule has 0 aliphatic carbocycles. The molecule has 0 N–H and O–H groups in total. The molecule has 1 aromatic carbocycles. The fraction of sp³-hybridized carbons (Fsp3) is 0.533. The number of esters is 1. The third-order valence-corrected chi connectivity index (χ3v) is 6.04. The number of benzene rings is 1. The Hall–Kier alpha value is -1.61. The minimum absolute atomic E-state index is 0.0363. The SMILES string of the molecule is COC(=O)C1CCN(S(=O)(=O)c2ccc(C)c(C(F)(F)F)c2)CC1. The van der Waals surface area contributed by atoms with Crippen LogP contribution in [-0.4, -0.2) is 38.9 Å². The van der Waals surface area contributed by atoms with Crippen LogP contribution < -0.4 is 0 Å². The summed E-state index contributed by atoms with van der Waals surface area (Å²) in [5.74, 6) is -0.785. The maximum Gasteiger partial charge on any atom is 0.416 e. The number of alkyl halides is 3. The lowest BCUT2D eigenvalue weighted by atomic mass is 9.99. The fourth-order valence-corrected chi connectivity index (χ4v) is 4.21. The van der Waals surface area contributed by atoms with Crippen LogP contribution >= 0.6 is 0 Å². The van der Waals surface area contributed by atoms with E-state index in [0.29, 0.717) is 6.07 Å². The second kappa shape index (κ2) is 6.72. The van der Waals surface area contributed by atoms with E-state index >= 15 is 0 Å². The van der Waals surface area contributed by atoms with Crippen LogP contribution in [0.3, 0.4) is 0 Å². The number of carbonyl (C=O) groups is 1. The van der Waals surface area contributed by atoms with Crippen LogP contribution in [0.1, 0.15) is 24.0 Å². The summed E-state index contributed by atoms with van der Waals surface area (Å²) in [6.07, 6.45) is -4.05. The van der Waals surface area contributed by atoms with Gasteiger partial charge in [-0.05, 0) is 37.5 Å². The molecule has 0 radical (unpaired) electrons. The summed E-state index contributed by atoms with van der Waals surface area (Å²) in [5, 5.41) is 0. The van der Waals surface area contributed by atoms with Gasteiger partial charge in [-0.3, -0.25) is 4.79 Å². The van der Waals surface area contributed by atoms with E-state index in [1.807, 2.05) is 0 Å². The molecule has 9 heteroatoms. The van der Waals surface area contributed by atoms with Crippen LogP contribution in [0.5, 0.6) is 0 Å². The Morgan fingerprint density at radius 1 is 1.25 bits per heavy atom. The molecule has 0 aromatic heterocycles. The molecule has 1 aliphatic rings. The van der Waals surface area contributed by atoms with Gasteiger partial charge in [0.1, 0.15) is 0 Å². The third kappa shape index (κ3) is 3.72. The monoisotopic (exact) mass is 365 g/mol. The van der Waals surface area contributed by atoms with Crippen LogP contribution in [0.25, 0.3) is 0 Å². The quantitative estimate of drug-likeness (QED) is 0.773. The summed E-state index contributed by atoms with van der Waals surface area (Å²) in [4.78, 5) is 11.1. The van der Waals surface area contributed by atoms with Crippen LogP contribution in [0.15, 0.2) is 23.1 Å². The second-order valence-corrected chi connectivity index (χ2v) is 7.61. The molecule has 1 heterocycles. The van der Waals surface area contributed by atoms with E-state index < -0.39 is 32.6 Å². The summed E-state index contributed by atoms with van der Waals surface area (Å²) in [6, 6.07) is 2.99. The van der Waals surface area contributed by atoms with Crippen LogP contribution in [0.2, 0.25) is 0 Å². The fourth-order valence-electron chi connectivity index (χ4n) is 2.71. The van der Waals surface area contributed by atoms with Crippen molar-refractivity contribution in [2.24, 2.45) is 5.92 Å². The average Bonchev–Trinajstić information content (AvgIpc) is 2.53. The number of halogens is 3. The van der Waals surface area contributed by atoms with Gasteiger partial charge in [0, 0.05) is 13.1 Å². The van der Waals surface area contributed by atoms with Crippen molar-refractivity contribution in [2.45, 2.75) is 30.8 Å². The summed E-state index contributed by atoms with van der Waals surface area (Å²) in [7, 11) is -2.78. The summed E-state index contributed by atoms with van der Waals surface area (Å²) in [5.41, 5.74) is -1.00. The van der Waals surface area contributed by atoms with Gasteiger partial charge >= 0.3 is 12.1 Å². The third-order valence-electron chi connectivity index (χ3n) is 4.14. The largest absolute Gasteiger partial charge is 0.469 e. The van der Waals surface area contributed by atoms with Gasteiger partial charge in [0.2, 0.25) is 10.0 Å². The molecule has 1 saturated heterocycles. The normalized spacial score (nSPS) is 17.7. The minimum Gasteiger partial charge on any atom is -0.469 e. The Labute approximate surface area is 138 Å². The number of nitrogens with zero attached hydrogens (tertiary/aromatic N) is 1. The van der Waals surface area contributed by atoms with E-state index in [2.05, 4.69) is 4.74 Å². The Morgan fingerprint density at radius 2 is 1.83 bits per heavy atom. The van der Waals surface area contributed by atoms with Crippen molar-refractivity contribution in [3.63, 3.8) is 0 Å². The number of rotatable bonds is 3. The highest BCUT2D eigenvalue weighted by Crippen LogP contribution is 2.34. The number of piperidine rings is 1. The van der Waals surface area contributed by atoms with Crippen LogP contribution in [-0.2, 0) is 25.7 Å². The van der Waals surface area contributed by atoms with E-state index in [9.17, 15) is 26.4 Å². The molecule has 134 valence electrons. The van der Waals surface area contributed by atoms with E-state index in [1.165, 1.54) is 20.1 Å². The number of ether oxygens (including phenoxy) is 1. The molecule has 1 aliphatic heterocycles. The number of hydrogen-bond donors (Lipinski definition) is 0. The molecule has 0 unspecified atom stereocenters. The van der Waals surface area contributed by atoms with Gasteiger partial charge < -0.3 is 4.74 Å². The predicted molar refractivity (Wildman–Crippen MR) is 79.7 cm³/mol. The first-order valence-electron chi connectivity index (χ1n) is 7.33. The van der Waals surface area contributed by atoms with Crippen LogP contribution in [0, 0.1) is 12.8 Å². The summed E-state index contributed by atoms with van der Waals surface area (Å²) in [6.45, 7) is 1.41. The van der Waals surface area contributed by atoms with E-state index in [4.69, 9.17) is 0 Å². The van der Waals surface area contributed by atoms with Crippen molar-refractivity contribution in [2.75, 3.05) is 20.2 Å². The zero-order valence-corrected chi connectivity index (χ0v) is 14.1. The minimum atomic E-state index is -4.62. The first-order valence-corrected chi connectivity index (χ1v) is 8.77. The molecular formula is C15H18F3NO4S. The zero-order chi connectivity index (χ0) is 18.1. The topological polar surface area (TPSA) is 63.7 Å². The van der Waals surface area contributed by atoms with Crippen molar-refractivity contribution >= 4 is 16.0 Å². The van der Waals surface area contributed by atoms with Crippen molar-refractivity contribution < 1.29 is 31.1 Å². The maximum absolute atomic E-state index is 13.0. The van der Waals surface area contributed by atoms with Gasteiger partial charge in [-0.25, -0.2) is 8.42 Å². The number of carbonyl (C=O) groups excluding carboxylic acids is 1. The van der Waals surface area contributed by atoms with Gasteiger partial charge in [0.15, 0.2) is 0 Å². The lowest BCUT2D eigenvalue weighted by molar-refractivity contribution is -0.146. The zero-order valence-electron chi connectivity index (χ0n) is 13.3. The number of methoxy groups -OCH3 is 1. The molecule has 1 fully saturated rings. The Balaban J connectivity index is 2.25. The average molecular weight is 365 g/mol. The first kappa shape index (κ1) is 18.7. The van der Waals surface area contributed by atoms with E-state index in [0.717, 1.165) is 10.4 Å². The molecule has 0 spiro atoms.